The molecule has 0 aliphatic carbocycles. The molecular weight excluding hydrogens is 389 g/mol. The number of rotatable bonds is 5. The Morgan fingerprint density at radius 2 is 1.23 bits per heavy atom. The van der Waals surface area contributed by atoms with Crippen LogP contribution in [0.2, 0.25) is 0 Å². The summed E-state index contributed by atoms with van der Waals surface area (Å²) < 4.78 is 14.7. The van der Waals surface area contributed by atoms with Gasteiger partial charge < -0.3 is 9.67 Å². The Kier molecular flexibility index (Phi) is 7.63. The molecule has 4 heteroatoms. The van der Waals surface area contributed by atoms with Gasteiger partial charge in [0, 0.05) is 11.3 Å². The molecule has 0 amide bonds. The maximum Gasteiger partial charge on any atom is 0.123 e. The Balaban J connectivity index is 2.85. The van der Waals surface area contributed by atoms with E-state index < -0.39 is 7.14 Å². The van der Waals surface area contributed by atoms with E-state index >= 15 is 0 Å². The lowest BCUT2D eigenvalue weighted by molar-refractivity contribution is 0.204. The van der Waals surface area contributed by atoms with Crippen molar-refractivity contribution in [2.45, 2.75) is 116 Å². The molecule has 1 aromatic carbocycles. The highest BCUT2D eigenvalue weighted by Gasteiger charge is 2.44. The molecule has 1 heterocycles. The first kappa shape index (κ1) is 25.5. The lowest BCUT2D eigenvalue weighted by Gasteiger charge is -2.44. The first-order chi connectivity index (χ1) is 13.6. The van der Waals surface area contributed by atoms with Gasteiger partial charge in [-0.15, -0.1) is 0 Å². The molecular formula is C26H46NO2P. The van der Waals surface area contributed by atoms with E-state index in [1.165, 1.54) is 19.3 Å². The monoisotopic (exact) mass is 435 g/mol. The minimum atomic E-state index is -2.58. The van der Waals surface area contributed by atoms with Crippen LogP contribution in [0.15, 0.2) is 12.1 Å². The zero-order valence-electron chi connectivity index (χ0n) is 21.2. The van der Waals surface area contributed by atoms with Crippen LogP contribution in [0.4, 0.5) is 0 Å². The van der Waals surface area contributed by atoms with Crippen LogP contribution in [0, 0.1) is 0 Å². The summed E-state index contributed by atoms with van der Waals surface area (Å²) >= 11 is 0. The number of phenolic OH excluding ortho intramolecular Hbond substituents is 1. The van der Waals surface area contributed by atoms with Crippen molar-refractivity contribution in [3.63, 3.8) is 0 Å². The molecule has 172 valence electrons. The van der Waals surface area contributed by atoms with Crippen molar-refractivity contribution in [3.05, 3.63) is 28.8 Å². The summed E-state index contributed by atoms with van der Waals surface area (Å²) in [5.41, 5.74) is 2.93. The number of benzene rings is 1. The summed E-state index contributed by atoms with van der Waals surface area (Å²) in [6, 6.07) is 4.34. The number of aromatic hydroxyl groups is 1. The Morgan fingerprint density at radius 3 is 1.57 bits per heavy atom. The second-order valence-electron chi connectivity index (χ2n) is 11.9. The Labute approximate surface area is 186 Å². The van der Waals surface area contributed by atoms with E-state index in [4.69, 9.17) is 0 Å². The quantitative estimate of drug-likeness (QED) is 0.483. The van der Waals surface area contributed by atoms with Crippen molar-refractivity contribution < 1.29 is 9.67 Å². The van der Waals surface area contributed by atoms with Crippen LogP contribution in [0.5, 0.6) is 5.75 Å². The standard InChI is InChI=1S/C26H46NO2P/c1-18(2)30(29,19(3)4)24(27-14-12-11-13-15-27)20-16-21(25(5,6)7)23(28)22(17-20)26(8,9)10/h16-19,24,28H,11-15H2,1-10H3/t24-/m0/s1. The second-order valence-corrected chi connectivity index (χ2v) is 16.0. The van der Waals surface area contributed by atoms with Gasteiger partial charge in [-0.05, 0) is 65.6 Å². The molecule has 2 rings (SSSR count). The van der Waals surface area contributed by atoms with Crippen LogP contribution in [-0.2, 0) is 15.4 Å². The summed E-state index contributed by atoms with van der Waals surface area (Å²) in [6.07, 6.45) is 3.60. The fraction of sp³-hybridized carbons (Fsp3) is 0.769. The first-order valence-corrected chi connectivity index (χ1v) is 13.7. The van der Waals surface area contributed by atoms with Crippen molar-refractivity contribution in [2.24, 2.45) is 0 Å². The van der Waals surface area contributed by atoms with Gasteiger partial charge in [-0.1, -0.05) is 75.7 Å². The summed E-state index contributed by atoms with van der Waals surface area (Å²) in [6.45, 7) is 23.4. The predicted molar refractivity (Wildman–Crippen MR) is 132 cm³/mol. The molecule has 3 nitrogen and oxygen atoms in total. The van der Waals surface area contributed by atoms with Gasteiger partial charge in [-0.2, -0.15) is 0 Å². The zero-order chi connectivity index (χ0) is 23.1. The normalized spacial score (nSPS) is 18.3. The Morgan fingerprint density at radius 1 is 0.833 bits per heavy atom. The number of phenols is 1. The predicted octanol–water partition coefficient (Wildman–Crippen LogP) is 7.65. The minimum absolute atomic E-state index is 0.0828. The number of hydrogen-bond acceptors (Lipinski definition) is 3. The fourth-order valence-corrected chi connectivity index (χ4v) is 8.65. The van der Waals surface area contributed by atoms with Gasteiger partial charge in [-0.3, -0.25) is 4.90 Å². The fourth-order valence-electron chi connectivity index (χ4n) is 4.97. The first-order valence-electron chi connectivity index (χ1n) is 11.8. The maximum atomic E-state index is 14.7. The van der Waals surface area contributed by atoms with Crippen LogP contribution >= 0.6 is 7.14 Å². The molecule has 1 aliphatic rings. The Bertz CT molecular complexity index is 730. The summed E-state index contributed by atoms with van der Waals surface area (Å²) in [5.74, 6) is 0.320. The topological polar surface area (TPSA) is 40.5 Å². The summed E-state index contributed by atoms with van der Waals surface area (Å²) in [4.78, 5) is 2.50. The van der Waals surface area contributed by atoms with Gasteiger partial charge in [0.05, 0.1) is 5.78 Å². The van der Waals surface area contributed by atoms with Crippen molar-refractivity contribution in [1.82, 2.24) is 4.90 Å². The van der Waals surface area contributed by atoms with E-state index in [1.807, 2.05) is 0 Å². The van der Waals surface area contributed by atoms with Crippen LogP contribution < -0.4 is 0 Å². The maximum absolute atomic E-state index is 14.7. The van der Waals surface area contributed by atoms with E-state index in [0.29, 0.717) is 5.75 Å². The molecule has 1 aliphatic heterocycles. The van der Waals surface area contributed by atoms with Crippen LogP contribution in [0.1, 0.15) is 111 Å². The van der Waals surface area contributed by atoms with Gasteiger partial charge in [-0.25, -0.2) is 0 Å². The lowest BCUT2D eigenvalue weighted by Crippen LogP contribution is -2.37. The van der Waals surface area contributed by atoms with E-state index in [0.717, 1.165) is 29.8 Å². The minimum Gasteiger partial charge on any atom is -0.507 e. The number of likely N-dealkylation sites (tertiary alicyclic amines) is 1. The van der Waals surface area contributed by atoms with E-state index in [1.54, 1.807) is 0 Å². The molecule has 1 saturated heterocycles. The molecule has 1 atom stereocenters. The molecule has 0 radical (unpaired) electrons. The van der Waals surface area contributed by atoms with Crippen molar-refractivity contribution in [2.75, 3.05) is 13.1 Å². The van der Waals surface area contributed by atoms with E-state index in [2.05, 4.69) is 86.3 Å². The molecule has 1 fully saturated rings. The third-order valence-electron chi connectivity index (χ3n) is 6.78. The van der Waals surface area contributed by atoms with E-state index in [-0.39, 0.29) is 27.9 Å². The van der Waals surface area contributed by atoms with Crippen molar-refractivity contribution in [3.8, 4) is 5.75 Å². The number of piperidine rings is 1. The van der Waals surface area contributed by atoms with Crippen LogP contribution in [-0.4, -0.2) is 34.4 Å². The molecule has 0 aromatic heterocycles. The average molecular weight is 436 g/mol. The lowest BCUT2D eigenvalue weighted by atomic mass is 9.78. The number of nitrogens with zero attached hydrogens (tertiary/aromatic N) is 1. The molecule has 0 bridgehead atoms. The van der Waals surface area contributed by atoms with Crippen molar-refractivity contribution >= 4 is 7.14 Å². The average Bonchev–Trinajstić information content (AvgIpc) is 2.61. The third-order valence-corrected chi connectivity index (χ3v) is 11.4. The molecule has 1 N–H and O–H groups in total. The largest absolute Gasteiger partial charge is 0.507 e. The van der Waals surface area contributed by atoms with Gasteiger partial charge in [0.25, 0.3) is 0 Å². The van der Waals surface area contributed by atoms with Gasteiger partial charge >= 0.3 is 0 Å². The zero-order valence-corrected chi connectivity index (χ0v) is 22.1. The SMILES string of the molecule is CC(C)P(=O)(C(C)C)[C@@H](c1cc(C(C)(C)C)c(O)c(C(C)(C)C)c1)N1CCCCC1. The number of hydrogen-bond donors (Lipinski definition) is 1. The molecule has 1 aromatic rings. The summed E-state index contributed by atoms with van der Waals surface area (Å²) in [5, 5.41) is 11.2. The summed E-state index contributed by atoms with van der Waals surface area (Å²) in [7, 11) is -2.58. The highest BCUT2D eigenvalue weighted by atomic mass is 31.2. The van der Waals surface area contributed by atoms with Crippen LogP contribution in [0.3, 0.4) is 0 Å². The molecule has 0 saturated carbocycles. The van der Waals surface area contributed by atoms with Crippen LogP contribution in [0.25, 0.3) is 0 Å². The Hall–Kier alpha value is -0.790. The highest BCUT2D eigenvalue weighted by molar-refractivity contribution is 7.65. The van der Waals surface area contributed by atoms with Gasteiger partial charge in [0.15, 0.2) is 0 Å². The van der Waals surface area contributed by atoms with Crippen molar-refractivity contribution in [1.29, 1.82) is 0 Å². The second kappa shape index (κ2) is 8.99. The smallest absolute Gasteiger partial charge is 0.123 e. The molecule has 30 heavy (non-hydrogen) atoms. The molecule has 0 unspecified atom stereocenters. The van der Waals surface area contributed by atoms with Gasteiger partial charge in [0.1, 0.15) is 12.9 Å². The highest BCUT2D eigenvalue weighted by Crippen LogP contribution is 2.67. The molecule has 0 spiro atoms. The third kappa shape index (κ3) is 4.99. The van der Waals surface area contributed by atoms with E-state index in [9.17, 15) is 9.67 Å². The van der Waals surface area contributed by atoms with Gasteiger partial charge in [0.2, 0.25) is 0 Å².